The summed E-state index contributed by atoms with van der Waals surface area (Å²) >= 11 is 3.04. The summed E-state index contributed by atoms with van der Waals surface area (Å²) in [6, 6.07) is 8.15. The second-order valence-electron chi connectivity index (χ2n) is 5.83. The molecule has 0 bridgehead atoms. The smallest absolute Gasteiger partial charge is 0.233 e. The molecule has 0 unspecified atom stereocenters. The number of nitrogens with zero attached hydrogens (tertiary/aromatic N) is 5. The molecule has 7 nitrogen and oxygen atoms in total. The minimum Gasteiger partial charge on any atom is -0.467 e. The van der Waals surface area contributed by atoms with E-state index < -0.39 is 0 Å². The molecule has 0 N–H and O–H groups in total. The SMILES string of the molecule is O=C(CSc1nnnn1C1CC1)N(Cc1ccco1)Cc1cccs1. The van der Waals surface area contributed by atoms with Crippen molar-refractivity contribution in [3.63, 3.8) is 0 Å². The van der Waals surface area contributed by atoms with Gasteiger partial charge < -0.3 is 9.32 Å². The van der Waals surface area contributed by atoms with Crippen LogP contribution in [0, 0.1) is 0 Å². The Morgan fingerprint density at radius 3 is 3.00 bits per heavy atom. The highest BCUT2D eigenvalue weighted by molar-refractivity contribution is 7.99. The number of carbonyl (C=O) groups excluding carboxylic acids is 1. The molecule has 0 saturated heterocycles. The van der Waals surface area contributed by atoms with E-state index in [4.69, 9.17) is 4.42 Å². The Bertz CT molecular complexity index is 775. The van der Waals surface area contributed by atoms with Crippen molar-refractivity contribution in [3.05, 3.63) is 46.5 Å². The molecule has 1 saturated carbocycles. The van der Waals surface area contributed by atoms with E-state index in [1.54, 1.807) is 17.6 Å². The number of aromatic nitrogens is 4. The van der Waals surface area contributed by atoms with Gasteiger partial charge in [-0.3, -0.25) is 4.79 Å². The van der Waals surface area contributed by atoms with E-state index in [1.807, 2.05) is 39.2 Å². The number of rotatable bonds is 8. The molecule has 1 aliphatic rings. The van der Waals surface area contributed by atoms with Crippen LogP contribution in [-0.2, 0) is 17.9 Å². The fourth-order valence-electron chi connectivity index (χ4n) is 2.46. The van der Waals surface area contributed by atoms with Crippen LogP contribution in [0.15, 0.2) is 45.5 Å². The fourth-order valence-corrected chi connectivity index (χ4v) is 4.03. The number of hydrogen-bond donors (Lipinski definition) is 0. The molecule has 0 radical (unpaired) electrons. The lowest BCUT2D eigenvalue weighted by molar-refractivity contribution is -0.129. The zero-order valence-corrected chi connectivity index (χ0v) is 15.1. The van der Waals surface area contributed by atoms with Crippen LogP contribution in [0.25, 0.3) is 0 Å². The van der Waals surface area contributed by atoms with E-state index in [1.165, 1.54) is 11.8 Å². The monoisotopic (exact) mass is 375 g/mol. The van der Waals surface area contributed by atoms with Gasteiger partial charge in [-0.25, -0.2) is 4.68 Å². The van der Waals surface area contributed by atoms with Gasteiger partial charge in [0.15, 0.2) is 0 Å². The van der Waals surface area contributed by atoms with Crippen LogP contribution in [0.1, 0.15) is 29.5 Å². The van der Waals surface area contributed by atoms with Crippen LogP contribution >= 0.6 is 23.1 Å². The molecule has 3 aromatic rings. The Morgan fingerprint density at radius 1 is 1.36 bits per heavy atom. The maximum Gasteiger partial charge on any atom is 0.233 e. The largest absolute Gasteiger partial charge is 0.467 e. The minimum absolute atomic E-state index is 0.0418. The van der Waals surface area contributed by atoms with Crippen molar-refractivity contribution in [2.24, 2.45) is 0 Å². The van der Waals surface area contributed by atoms with Crippen molar-refractivity contribution in [1.29, 1.82) is 0 Å². The quantitative estimate of drug-likeness (QED) is 0.563. The molecule has 25 heavy (non-hydrogen) atoms. The van der Waals surface area contributed by atoms with Crippen molar-refractivity contribution in [3.8, 4) is 0 Å². The predicted octanol–water partition coefficient (Wildman–Crippen LogP) is 2.98. The third-order valence-electron chi connectivity index (χ3n) is 3.89. The third kappa shape index (κ3) is 4.10. The number of furan rings is 1. The molecular weight excluding hydrogens is 358 g/mol. The lowest BCUT2D eigenvalue weighted by Crippen LogP contribution is -2.31. The average Bonchev–Trinajstić information content (AvgIpc) is 3.04. The summed E-state index contributed by atoms with van der Waals surface area (Å²) in [5.74, 6) is 1.12. The number of hydrogen-bond acceptors (Lipinski definition) is 7. The van der Waals surface area contributed by atoms with E-state index in [9.17, 15) is 4.79 Å². The molecule has 1 fully saturated rings. The van der Waals surface area contributed by atoms with Crippen molar-refractivity contribution in [2.45, 2.75) is 37.1 Å². The molecule has 0 atom stereocenters. The summed E-state index contributed by atoms with van der Waals surface area (Å²) < 4.78 is 7.24. The Morgan fingerprint density at radius 2 is 2.28 bits per heavy atom. The van der Waals surface area contributed by atoms with Gasteiger partial charge in [-0.05, 0) is 46.8 Å². The summed E-state index contributed by atoms with van der Waals surface area (Å²) in [6.07, 6.45) is 3.84. The number of amides is 1. The van der Waals surface area contributed by atoms with Crippen molar-refractivity contribution < 1.29 is 9.21 Å². The Kier molecular flexibility index (Phi) is 4.84. The molecule has 3 heterocycles. The van der Waals surface area contributed by atoms with E-state index >= 15 is 0 Å². The average molecular weight is 375 g/mol. The summed E-state index contributed by atoms with van der Waals surface area (Å²) in [5.41, 5.74) is 0. The van der Waals surface area contributed by atoms with Gasteiger partial charge in [0.1, 0.15) is 5.76 Å². The van der Waals surface area contributed by atoms with Crippen LogP contribution in [0.3, 0.4) is 0 Å². The van der Waals surface area contributed by atoms with E-state index in [0.717, 1.165) is 23.5 Å². The number of carbonyl (C=O) groups is 1. The van der Waals surface area contributed by atoms with Crippen LogP contribution < -0.4 is 0 Å². The van der Waals surface area contributed by atoms with Gasteiger partial charge in [0.25, 0.3) is 0 Å². The van der Waals surface area contributed by atoms with Gasteiger partial charge in [0, 0.05) is 4.88 Å². The van der Waals surface area contributed by atoms with Gasteiger partial charge in [-0.2, -0.15) is 0 Å². The predicted molar refractivity (Wildman–Crippen MR) is 94.1 cm³/mol. The first-order valence-electron chi connectivity index (χ1n) is 8.03. The molecule has 0 spiro atoms. The summed E-state index contributed by atoms with van der Waals surface area (Å²) in [6.45, 7) is 1.03. The van der Waals surface area contributed by atoms with Gasteiger partial charge >= 0.3 is 0 Å². The maximum atomic E-state index is 12.8. The lowest BCUT2D eigenvalue weighted by Gasteiger charge is -2.20. The highest BCUT2D eigenvalue weighted by atomic mass is 32.2. The van der Waals surface area contributed by atoms with Crippen LogP contribution in [-0.4, -0.2) is 36.8 Å². The molecular formula is C16H17N5O2S2. The maximum absolute atomic E-state index is 12.8. The van der Waals surface area contributed by atoms with E-state index in [-0.39, 0.29) is 5.91 Å². The number of thiophene rings is 1. The van der Waals surface area contributed by atoms with Gasteiger partial charge in [0.2, 0.25) is 11.1 Å². The first-order chi connectivity index (χ1) is 12.3. The Hall–Kier alpha value is -2.13. The van der Waals surface area contributed by atoms with E-state index in [2.05, 4.69) is 15.5 Å². The Balaban J connectivity index is 1.42. The van der Waals surface area contributed by atoms with Gasteiger partial charge in [-0.15, -0.1) is 16.4 Å². The van der Waals surface area contributed by atoms with Crippen molar-refractivity contribution >= 4 is 29.0 Å². The molecule has 130 valence electrons. The van der Waals surface area contributed by atoms with Crippen molar-refractivity contribution in [1.82, 2.24) is 25.1 Å². The van der Waals surface area contributed by atoms with Gasteiger partial charge in [-0.1, -0.05) is 17.8 Å². The minimum atomic E-state index is 0.0418. The summed E-state index contributed by atoms with van der Waals surface area (Å²) in [4.78, 5) is 15.7. The second-order valence-corrected chi connectivity index (χ2v) is 7.81. The first-order valence-corrected chi connectivity index (χ1v) is 9.89. The number of tetrazole rings is 1. The molecule has 3 aromatic heterocycles. The normalized spacial score (nSPS) is 13.9. The highest BCUT2D eigenvalue weighted by Gasteiger charge is 2.28. The lowest BCUT2D eigenvalue weighted by atomic mass is 10.3. The van der Waals surface area contributed by atoms with Crippen LogP contribution in [0.5, 0.6) is 0 Å². The van der Waals surface area contributed by atoms with Gasteiger partial charge in [0.05, 0.1) is 31.1 Å². The molecule has 1 aliphatic carbocycles. The van der Waals surface area contributed by atoms with E-state index in [0.29, 0.717) is 30.0 Å². The molecule has 4 rings (SSSR count). The highest BCUT2D eigenvalue weighted by Crippen LogP contribution is 2.36. The topological polar surface area (TPSA) is 77.1 Å². The molecule has 9 heteroatoms. The molecule has 1 amide bonds. The first kappa shape index (κ1) is 16.3. The van der Waals surface area contributed by atoms with Crippen molar-refractivity contribution in [2.75, 3.05) is 5.75 Å². The molecule has 0 aliphatic heterocycles. The fraction of sp³-hybridized carbons (Fsp3) is 0.375. The van der Waals surface area contributed by atoms with Crippen LogP contribution in [0.4, 0.5) is 0 Å². The number of thioether (sulfide) groups is 1. The zero-order chi connectivity index (χ0) is 17.1. The third-order valence-corrected chi connectivity index (χ3v) is 5.67. The molecule has 0 aromatic carbocycles. The summed E-state index contributed by atoms with van der Waals surface area (Å²) in [7, 11) is 0. The standard InChI is InChI=1S/C16H17N5O2S2/c22-15(11-25-16-17-18-19-21(16)12-5-6-12)20(9-13-3-1-7-23-13)10-14-4-2-8-24-14/h1-4,7-8,12H,5-6,9-11H2. The second kappa shape index (κ2) is 7.40. The van der Waals surface area contributed by atoms with Crippen LogP contribution in [0.2, 0.25) is 0 Å². The summed E-state index contributed by atoms with van der Waals surface area (Å²) in [5, 5.41) is 14.5. The Labute approximate surface area is 153 Å². The zero-order valence-electron chi connectivity index (χ0n) is 13.4.